The third kappa shape index (κ3) is 2.37. The maximum absolute atomic E-state index is 12.7. The normalized spacial score (nSPS) is 31.2. The molecular formula is C28H20O8. The van der Waals surface area contributed by atoms with Crippen LogP contribution in [0.5, 0.6) is 23.0 Å². The highest BCUT2D eigenvalue weighted by molar-refractivity contribution is 6.03. The van der Waals surface area contributed by atoms with Gasteiger partial charge in [0, 0.05) is 34.8 Å². The van der Waals surface area contributed by atoms with E-state index in [2.05, 4.69) is 0 Å². The van der Waals surface area contributed by atoms with Crippen molar-refractivity contribution in [1.82, 2.24) is 0 Å². The summed E-state index contributed by atoms with van der Waals surface area (Å²) in [5.74, 6) is -1.28. The van der Waals surface area contributed by atoms with Crippen molar-refractivity contribution in [1.29, 1.82) is 0 Å². The Morgan fingerprint density at radius 3 is 2.08 bits per heavy atom. The molecule has 0 amide bonds. The van der Waals surface area contributed by atoms with E-state index in [9.17, 15) is 30.3 Å². The molecule has 5 N–H and O–H groups in total. The molecule has 2 fully saturated rings. The van der Waals surface area contributed by atoms with Crippen LogP contribution in [0.1, 0.15) is 34.3 Å². The number of aliphatic hydroxyl groups is 1. The van der Waals surface area contributed by atoms with Gasteiger partial charge >= 0.3 is 0 Å². The van der Waals surface area contributed by atoms with Crippen molar-refractivity contribution >= 4 is 5.78 Å². The molecule has 3 aromatic carbocycles. The van der Waals surface area contributed by atoms with Crippen molar-refractivity contribution in [3.05, 3.63) is 106 Å². The fourth-order valence-electron chi connectivity index (χ4n) is 6.26. The van der Waals surface area contributed by atoms with E-state index in [1.807, 2.05) is 0 Å². The topological polar surface area (TPSA) is 137 Å². The number of allylic oxidation sites excluding steroid dienone is 2. The second kappa shape index (κ2) is 6.69. The minimum absolute atomic E-state index is 0.0261. The molecule has 2 aliphatic carbocycles. The molecule has 180 valence electrons. The second-order valence-electron chi connectivity index (χ2n) is 9.58. The predicted octanol–water partition coefficient (Wildman–Crippen LogP) is 3.14. The average Bonchev–Trinajstić information content (AvgIpc) is 3.00. The van der Waals surface area contributed by atoms with E-state index in [1.165, 1.54) is 48.6 Å². The summed E-state index contributed by atoms with van der Waals surface area (Å²) in [5.41, 5.74) is -1.35. The summed E-state index contributed by atoms with van der Waals surface area (Å²) in [6.07, 6.45) is 0.890. The van der Waals surface area contributed by atoms with Crippen LogP contribution in [0, 0.1) is 0 Å². The van der Waals surface area contributed by atoms with Gasteiger partial charge in [-0.2, -0.15) is 0 Å². The lowest BCUT2D eigenvalue weighted by Crippen LogP contribution is -2.65. The van der Waals surface area contributed by atoms with Crippen LogP contribution in [0.2, 0.25) is 0 Å². The fraction of sp³-hybridized carbons (Fsp3) is 0.179. The molecule has 0 aromatic heterocycles. The summed E-state index contributed by atoms with van der Waals surface area (Å²) < 4.78 is 12.7. The number of fused-ring (bicyclic) bond motifs is 2. The first-order valence-electron chi connectivity index (χ1n) is 11.4. The minimum Gasteiger partial charge on any atom is -0.508 e. The quantitative estimate of drug-likeness (QED) is 0.374. The molecule has 0 radical (unpaired) electrons. The van der Waals surface area contributed by atoms with E-state index in [-0.39, 0.29) is 40.1 Å². The highest BCUT2D eigenvalue weighted by atomic mass is 16.6. The lowest BCUT2D eigenvalue weighted by molar-refractivity contribution is -0.215. The van der Waals surface area contributed by atoms with E-state index in [1.54, 1.807) is 24.3 Å². The van der Waals surface area contributed by atoms with Crippen molar-refractivity contribution in [3.8, 4) is 23.0 Å². The van der Waals surface area contributed by atoms with Crippen LogP contribution in [-0.2, 0) is 19.9 Å². The Balaban J connectivity index is 1.57. The molecule has 3 aromatic rings. The van der Waals surface area contributed by atoms with E-state index in [0.717, 1.165) is 0 Å². The zero-order valence-electron chi connectivity index (χ0n) is 18.6. The summed E-state index contributed by atoms with van der Waals surface area (Å²) in [6, 6.07) is 15.1. The first-order chi connectivity index (χ1) is 17.2. The number of hydrogen-bond acceptors (Lipinski definition) is 8. The van der Waals surface area contributed by atoms with Gasteiger partial charge in [0.2, 0.25) is 0 Å². The molecule has 8 nitrogen and oxygen atoms in total. The van der Waals surface area contributed by atoms with Gasteiger partial charge in [-0.25, -0.2) is 0 Å². The number of phenols is 4. The van der Waals surface area contributed by atoms with Crippen molar-refractivity contribution in [2.75, 3.05) is 0 Å². The molecule has 4 aliphatic rings. The Hall–Kier alpha value is -4.27. The number of benzene rings is 3. The van der Waals surface area contributed by atoms with Crippen LogP contribution < -0.4 is 0 Å². The Kier molecular flexibility index (Phi) is 3.91. The molecule has 8 heteroatoms. The van der Waals surface area contributed by atoms with Gasteiger partial charge in [0.25, 0.3) is 0 Å². The molecule has 2 saturated heterocycles. The monoisotopic (exact) mass is 484 g/mol. The highest BCUT2D eigenvalue weighted by Gasteiger charge is 2.78. The van der Waals surface area contributed by atoms with Crippen molar-refractivity contribution in [2.45, 2.75) is 29.3 Å². The molecule has 0 saturated carbocycles. The van der Waals surface area contributed by atoms with Gasteiger partial charge in [-0.05, 0) is 47.5 Å². The molecule has 2 aliphatic heterocycles. The standard InChI is InChI=1S/C28H20O8/c29-15-5-1-13(2-6-15)23-24-19(9-17(31)11-21(24)33)27(34)26(14-3-7-16(30)8-4-14)35-22-12-18(32)10-20-25(23)36-28(20,22)27/h1-12,23,25-26,29-31,33-34H/t23-,25+,26-,27+,28+/m1/s1. The van der Waals surface area contributed by atoms with E-state index >= 15 is 0 Å². The maximum Gasteiger partial charge on any atom is 0.186 e. The number of hydrogen-bond donors (Lipinski definition) is 5. The molecule has 2 bridgehead atoms. The van der Waals surface area contributed by atoms with E-state index < -0.39 is 29.3 Å². The molecule has 5 atom stereocenters. The number of aromatic hydroxyl groups is 4. The molecule has 36 heavy (non-hydrogen) atoms. The summed E-state index contributed by atoms with van der Waals surface area (Å²) in [4.78, 5) is 12.7. The molecular weight excluding hydrogens is 464 g/mol. The predicted molar refractivity (Wildman–Crippen MR) is 124 cm³/mol. The van der Waals surface area contributed by atoms with Crippen molar-refractivity contribution in [2.24, 2.45) is 0 Å². The lowest BCUT2D eigenvalue weighted by Gasteiger charge is -2.54. The fourth-order valence-corrected chi connectivity index (χ4v) is 6.26. The molecule has 7 rings (SSSR count). The Labute approximate surface area is 204 Å². The SMILES string of the molecule is O=C1C=C2O[C@H](c3ccc(O)cc3)[C@@]3(O)c4cc(O)cc(O)c4[C@@H](c4ccc(O)cc4)[C@H]4O[C@@]23C4=C1. The molecule has 1 spiro atoms. The van der Waals surface area contributed by atoms with Crippen molar-refractivity contribution in [3.63, 3.8) is 0 Å². The van der Waals surface area contributed by atoms with Gasteiger partial charge in [0.1, 0.15) is 28.8 Å². The van der Waals surface area contributed by atoms with Crippen LogP contribution in [0.3, 0.4) is 0 Å². The number of phenolic OH excluding ortho intramolecular Hbond substituents is 4. The number of carbonyl (C=O) groups excluding carboxylic acids is 1. The Morgan fingerprint density at radius 1 is 0.778 bits per heavy atom. The smallest absolute Gasteiger partial charge is 0.186 e. The van der Waals surface area contributed by atoms with Crippen LogP contribution in [0.15, 0.2) is 84.1 Å². The van der Waals surface area contributed by atoms with Gasteiger partial charge in [-0.15, -0.1) is 0 Å². The largest absolute Gasteiger partial charge is 0.508 e. The third-order valence-corrected chi connectivity index (χ3v) is 7.71. The van der Waals surface area contributed by atoms with Gasteiger partial charge in [0.15, 0.2) is 23.1 Å². The summed E-state index contributed by atoms with van der Waals surface area (Å²) >= 11 is 0. The number of ketones is 1. The van der Waals surface area contributed by atoms with E-state index in [0.29, 0.717) is 22.3 Å². The second-order valence-corrected chi connectivity index (χ2v) is 9.58. The van der Waals surface area contributed by atoms with Gasteiger partial charge < -0.3 is 35.0 Å². The summed E-state index contributed by atoms with van der Waals surface area (Å²) in [7, 11) is 0. The van der Waals surface area contributed by atoms with Crippen LogP contribution in [-0.4, -0.2) is 43.0 Å². The molecule has 2 heterocycles. The summed E-state index contributed by atoms with van der Waals surface area (Å²) in [6.45, 7) is 0. The first-order valence-corrected chi connectivity index (χ1v) is 11.4. The zero-order chi connectivity index (χ0) is 25.0. The number of carbonyl (C=O) groups is 1. The molecule has 0 unspecified atom stereocenters. The average molecular weight is 484 g/mol. The van der Waals surface area contributed by atoms with Crippen LogP contribution in [0.4, 0.5) is 0 Å². The third-order valence-electron chi connectivity index (χ3n) is 7.71. The highest BCUT2D eigenvalue weighted by Crippen LogP contribution is 2.72. The number of ether oxygens (including phenoxy) is 2. The summed E-state index contributed by atoms with van der Waals surface area (Å²) in [5, 5.41) is 54.0. The van der Waals surface area contributed by atoms with Crippen LogP contribution >= 0.6 is 0 Å². The zero-order valence-corrected chi connectivity index (χ0v) is 18.6. The Morgan fingerprint density at radius 2 is 1.42 bits per heavy atom. The van der Waals surface area contributed by atoms with Crippen molar-refractivity contribution < 1.29 is 39.8 Å². The Bertz CT molecular complexity index is 1520. The minimum atomic E-state index is -1.99. The lowest BCUT2D eigenvalue weighted by atomic mass is 9.64. The number of rotatable bonds is 2. The van der Waals surface area contributed by atoms with Gasteiger partial charge in [-0.1, -0.05) is 24.3 Å². The van der Waals surface area contributed by atoms with Crippen LogP contribution in [0.25, 0.3) is 0 Å². The first kappa shape index (κ1) is 21.0. The van der Waals surface area contributed by atoms with E-state index in [4.69, 9.17) is 9.47 Å². The maximum atomic E-state index is 12.7. The van der Waals surface area contributed by atoms with Gasteiger partial charge in [0.05, 0.1) is 6.10 Å². The van der Waals surface area contributed by atoms with Gasteiger partial charge in [-0.3, -0.25) is 4.79 Å².